The molecule has 0 saturated carbocycles. The number of nitrogens with two attached hydrogens (primary N) is 1. The van der Waals surface area contributed by atoms with Crippen molar-refractivity contribution in [2.45, 2.75) is 0 Å². The molecule has 2 aromatic rings. The van der Waals surface area contributed by atoms with Crippen LogP contribution >= 0.6 is 0 Å². The van der Waals surface area contributed by atoms with E-state index in [2.05, 4.69) is 15.4 Å². The molecule has 0 saturated heterocycles. The molecule has 0 atom stereocenters. The number of methoxy groups -OCH3 is 1. The molecule has 2 aromatic heterocycles. The van der Waals surface area contributed by atoms with E-state index in [1.807, 2.05) is 0 Å². The summed E-state index contributed by atoms with van der Waals surface area (Å²) >= 11 is 0. The molecule has 0 aliphatic heterocycles. The summed E-state index contributed by atoms with van der Waals surface area (Å²) in [6.07, 6.45) is 2.96. The van der Waals surface area contributed by atoms with Gasteiger partial charge in [0.25, 0.3) is 5.88 Å². The molecule has 14 heavy (non-hydrogen) atoms. The molecular formula is C8H8N4O2. The van der Waals surface area contributed by atoms with E-state index in [0.717, 1.165) is 0 Å². The van der Waals surface area contributed by atoms with Crippen molar-refractivity contribution in [3.05, 3.63) is 18.5 Å². The molecule has 6 heteroatoms. The zero-order valence-electron chi connectivity index (χ0n) is 7.47. The average Bonchev–Trinajstić information content (AvgIpc) is 2.67. The molecule has 0 aliphatic rings. The predicted octanol–water partition coefficient (Wildman–Crippen LogP) is 0.722. The number of hydrogen-bond donors (Lipinski definition) is 1. The second kappa shape index (κ2) is 3.33. The zero-order valence-corrected chi connectivity index (χ0v) is 7.47. The summed E-state index contributed by atoms with van der Waals surface area (Å²) in [5, 5.41) is 11.0. The number of ether oxygens (including phenoxy) is 1. The second-order valence-corrected chi connectivity index (χ2v) is 2.59. The standard InChI is InChI=1S/C8H8N4O2/c1-13-8-2-7(14-12-8)5-3-10-11-4-6(5)9/h2-4H,1H3,(H2,9,10). The highest BCUT2D eigenvalue weighted by Gasteiger charge is 2.09. The summed E-state index contributed by atoms with van der Waals surface area (Å²) in [5.74, 6) is 0.908. The molecule has 72 valence electrons. The quantitative estimate of drug-likeness (QED) is 0.754. The van der Waals surface area contributed by atoms with E-state index in [9.17, 15) is 0 Å². The Labute approximate surface area is 79.7 Å². The monoisotopic (exact) mass is 192 g/mol. The smallest absolute Gasteiger partial charge is 0.254 e. The maximum absolute atomic E-state index is 5.67. The van der Waals surface area contributed by atoms with Crippen molar-refractivity contribution in [3.8, 4) is 17.2 Å². The summed E-state index contributed by atoms with van der Waals surface area (Å²) in [6, 6.07) is 1.63. The van der Waals surface area contributed by atoms with Gasteiger partial charge in [-0.3, -0.25) is 0 Å². The summed E-state index contributed by atoms with van der Waals surface area (Å²) in [5.41, 5.74) is 6.81. The number of nitrogen functional groups attached to an aromatic ring is 1. The van der Waals surface area contributed by atoms with Crippen LogP contribution in [0.4, 0.5) is 5.69 Å². The van der Waals surface area contributed by atoms with Crippen LogP contribution in [0, 0.1) is 0 Å². The lowest BCUT2D eigenvalue weighted by Crippen LogP contribution is -1.92. The fraction of sp³-hybridized carbons (Fsp3) is 0.125. The van der Waals surface area contributed by atoms with Crippen molar-refractivity contribution >= 4 is 5.69 Å². The van der Waals surface area contributed by atoms with Gasteiger partial charge in [0.05, 0.1) is 30.8 Å². The maximum atomic E-state index is 5.67. The van der Waals surface area contributed by atoms with Crippen LogP contribution in [0.2, 0.25) is 0 Å². The van der Waals surface area contributed by atoms with Crippen LogP contribution in [0.25, 0.3) is 11.3 Å². The number of aromatic nitrogens is 3. The lowest BCUT2D eigenvalue weighted by atomic mass is 10.2. The van der Waals surface area contributed by atoms with E-state index in [1.54, 1.807) is 6.07 Å². The molecule has 0 radical (unpaired) electrons. The molecule has 0 unspecified atom stereocenters. The Hall–Kier alpha value is -2.11. The first-order valence-electron chi connectivity index (χ1n) is 3.88. The van der Waals surface area contributed by atoms with Gasteiger partial charge in [-0.2, -0.15) is 10.2 Å². The highest BCUT2D eigenvalue weighted by Crippen LogP contribution is 2.26. The minimum atomic E-state index is 0.399. The third-order valence-corrected chi connectivity index (χ3v) is 1.72. The van der Waals surface area contributed by atoms with E-state index in [4.69, 9.17) is 15.0 Å². The van der Waals surface area contributed by atoms with Crippen molar-refractivity contribution in [2.24, 2.45) is 0 Å². The molecule has 6 nitrogen and oxygen atoms in total. The Morgan fingerprint density at radius 1 is 1.36 bits per heavy atom. The van der Waals surface area contributed by atoms with Crippen molar-refractivity contribution in [3.63, 3.8) is 0 Å². The third kappa shape index (κ3) is 1.37. The topological polar surface area (TPSA) is 87.1 Å². The van der Waals surface area contributed by atoms with Gasteiger partial charge in [0.2, 0.25) is 0 Å². The first kappa shape index (κ1) is 8.49. The molecule has 2 heterocycles. The number of hydrogen-bond acceptors (Lipinski definition) is 6. The minimum absolute atomic E-state index is 0.399. The molecule has 2 N–H and O–H groups in total. The fourth-order valence-electron chi connectivity index (χ4n) is 1.02. The number of rotatable bonds is 2. The SMILES string of the molecule is COc1cc(-c2cnncc2N)on1. The molecule has 0 aromatic carbocycles. The van der Waals surface area contributed by atoms with E-state index in [-0.39, 0.29) is 0 Å². The maximum Gasteiger partial charge on any atom is 0.254 e. The highest BCUT2D eigenvalue weighted by atomic mass is 16.5. The van der Waals surface area contributed by atoms with Crippen LogP contribution in [-0.2, 0) is 0 Å². The molecule has 0 amide bonds. The van der Waals surface area contributed by atoms with Gasteiger partial charge in [-0.1, -0.05) is 0 Å². The molecule has 2 rings (SSSR count). The van der Waals surface area contributed by atoms with Gasteiger partial charge in [0.1, 0.15) is 0 Å². The van der Waals surface area contributed by atoms with Gasteiger partial charge in [-0.25, -0.2) is 0 Å². The van der Waals surface area contributed by atoms with Gasteiger partial charge < -0.3 is 15.0 Å². The lowest BCUT2D eigenvalue weighted by Gasteiger charge is -1.96. The van der Waals surface area contributed by atoms with E-state index in [1.165, 1.54) is 19.5 Å². The molecule has 0 bridgehead atoms. The molecule has 0 fully saturated rings. The van der Waals surface area contributed by atoms with Crippen LogP contribution in [0.1, 0.15) is 0 Å². The first-order valence-corrected chi connectivity index (χ1v) is 3.88. The van der Waals surface area contributed by atoms with Gasteiger partial charge in [-0.05, 0) is 5.16 Å². The molecule has 0 spiro atoms. The first-order chi connectivity index (χ1) is 6.81. The minimum Gasteiger partial charge on any atom is -0.479 e. The Morgan fingerprint density at radius 3 is 2.79 bits per heavy atom. The summed E-state index contributed by atoms with van der Waals surface area (Å²) in [6.45, 7) is 0. The van der Waals surface area contributed by atoms with E-state index in [0.29, 0.717) is 22.9 Å². The number of nitrogens with zero attached hydrogens (tertiary/aromatic N) is 3. The van der Waals surface area contributed by atoms with Crippen LogP contribution in [-0.4, -0.2) is 22.5 Å². The van der Waals surface area contributed by atoms with Crippen LogP contribution in [0.15, 0.2) is 23.0 Å². The van der Waals surface area contributed by atoms with Gasteiger partial charge in [0.15, 0.2) is 5.76 Å². The van der Waals surface area contributed by atoms with Gasteiger partial charge in [0, 0.05) is 6.07 Å². The lowest BCUT2D eigenvalue weighted by molar-refractivity contribution is 0.343. The fourth-order valence-corrected chi connectivity index (χ4v) is 1.02. The second-order valence-electron chi connectivity index (χ2n) is 2.59. The van der Waals surface area contributed by atoms with Crippen LogP contribution in [0.3, 0.4) is 0 Å². The van der Waals surface area contributed by atoms with Gasteiger partial charge in [-0.15, -0.1) is 0 Å². The zero-order chi connectivity index (χ0) is 9.97. The van der Waals surface area contributed by atoms with E-state index >= 15 is 0 Å². The largest absolute Gasteiger partial charge is 0.479 e. The van der Waals surface area contributed by atoms with Crippen molar-refractivity contribution in [1.82, 2.24) is 15.4 Å². The molecule has 0 aliphatic carbocycles. The molecular weight excluding hydrogens is 184 g/mol. The average molecular weight is 192 g/mol. The summed E-state index contributed by atoms with van der Waals surface area (Å²) < 4.78 is 9.87. The summed E-state index contributed by atoms with van der Waals surface area (Å²) in [4.78, 5) is 0. The third-order valence-electron chi connectivity index (χ3n) is 1.72. The van der Waals surface area contributed by atoms with Crippen LogP contribution in [0.5, 0.6) is 5.88 Å². The van der Waals surface area contributed by atoms with Crippen molar-refractivity contribution in [2.75, 3.05) is 12.8 Å². The Kier molecular flexibility index (Phi) is 2.02. The van der Waals surface area contributed by atoms with Crippen molar-refractivity contribution in [1.29, 1.82) is 0 Å². The highest BCUT2D eigenvalue weighted by molar-refractivity contribution is 5.70. The van der Waals surface area contributed by atoms with Crippen molar-refractivity contribution < 1.29 is 9.26 Å². The Balaban J connectivity index is 2.44. The Morgan fingerprint density at radius 2 is 2.14 bits per heavy atom. The number of anilines is 1. The van der Waals surface area contributed by atoms with E-state index < -0.39 is 0 Å². The Bertz CT molecular complexity index is 440. The van der Waals surface area contributed by atoms with Gasteiger partial charge >= 0.3 is 0 Å². The summed E-state index contributed by atoms with van der Waals surface area (Å²) in [7, 11) is 1.51. The normalized spacial score (nSPS) is 10.1. The van der Waals surface area contributed by atoms with Crippen LogP contribution < -0.4 is 10.5 Å². The predicted molar refractivity (Wildman–Crippen MR) is 48.5 cm³/mol.